The van der Waals surface area contributed by atoms with Gasteiger partial charge in [-0.1, -0.05) is 12.1 Å². The Morgan fingerprint density at radius 2 is 2.04 bits per heavy atom. The third kappa shape index (κ3) is 3.31. The first-order valence-corrected chi connectivity index (χ1v) is 9.35. The molecule has 146 valence electrons. The number of hydrogen-bond donors (Lipinski definition) is 0. The van der Waals surface area contributed by atoms with E-state index in [-0.39, 0.29) is 11.6 Å². The molecule has 1 aromatic carbocycles. The minimum Gasteiger partial charge on any atom is -0.481 e. The van der Waals surface area contributed by atoms with Crippen molar-refractivity contribution in [2.75, 3.05) is 32.3 Å². The molecule has 1 fully saturated rings. The molecule has 2 aromatic heterocycles. The van der Waals surface area contributed by atoms with E-state index in [0.29, 0.717) is 35.9 Å². The normalized spacial score (nSPS) is 16.6. The Balaban J connectivity index is 1.83. The van der Waals surface area contributed by atoms with E-state index in [0.717, 1.165) is 25.2 Å². The fourth-order valence-electron chi connectivity index (χ4n) is 3.70. The first kappa shape index (κ1) is 18.4. The van der Waals surface area contributed by atoms with Crippen LogP contribution < -0.4 is 15.2 Å². The Bertz CT molecular complexity index is 1040. The summed E-state index contributed by atoms with van der Waals surface area (Å²) < 4.78 is 12.2. The molecule has 0 radical (unpaired) electrons. The number of methoxy groups -OCH3 is 2. The van der Waals surface area contributed by atoms with Gasteiger partial charge in [-0.05, 0) is 25.0 Å². The molecule has 1 atom stereocenters. The highest BCUT2D eigenvalue weighted by molar-refractivity contribution is 5.77. The Morgan fingerprint density at radius 1 is 1.18 bits per heavy atom. The number of nitrogens with zero attached hydrogens (tertiary/aromatic N) is 5. The van der Waals surface area contributed by atoms with Crippen LogP contribution in [0.1, 0.15) is 24.7 Å². The van der Waals surface area contributed by atoms with Gasteiger partial charge in [0.25, 0.3) is 5.56 Å². The van der Waals surface area contributed by atoms with Crippen LogP contribution in [0.25, 0.3) is 10.9 Å². The molecule has 0 bridgehead atoms. The second-order valence-corrected chi connectivity index (χ2v) is 6.69. The Kier molecular flexibility index (Phi) is 5.21. The van der Waals surface area contributed by atoms with Gasteiger partial charge in [-0.25, -0.2) is 9.97 Å². The van der Waals surface area contributed by atoms with Crippen LogP contribution in [0.2, 0.25) is 0 Å². The van der Waals surface area contributed by atoms with Crippen molar-refractivity contribution in [1.82, 2.24) is 19.5 Å². The fraction of sp³-hybridized carbons (Fsp3) is 0.400. The van der Waals surface area contributed by atoms with Crippen LogP contribution in [0, 0.1) is 0 Å². The van der Waals surface area contributed by atoms with Crippen molar-refractivity contribution < 1.29 is 9.47 Å². The number of ether oxygens (including phenoxy) is 2. The van der Waals surface area contributed by atoms with Crippen molar-refractivity contribution in [2.45, 2.75) is 25.4 Å². The summed E-state index contributed by atoms with van der Waals surface area (Å²) in [4.78, 5) is 29.0. The quantitative estimate of drug-likeness (QED) is 0.647. The number of para-hydroxylation sites is 1. The maximum atomic E-state index is 13.2. The summed E-state index contributed by atoms with van der Waals surface area (Å²) in [5, 5.41) is 0.615. The summed E-state index contributed by atoms with van der Waals surface area (Å²) in [6.45, 7) is 1.69. The summed E-state index contributed by atoms with van der Waals surface area (Å²) in [6, 6.07) is 9.09. The van der Waals surface area contributed by atoms with Gasteiger partial charge in [-0.2, -0.15) is 4.98 Å². The molecule has 0 amide bonds. The topological polar surface area (TPSA) is 82.4 Å². The number of aromatic nitrogens is 4. The van der Waals surface area contributed by atoms with E-state index < -0.39 is 0 Å². The van der Waals surface area contributed by atoms with E-state index in [4.69, 9.17) is 14.5 Å². The summed E-state index contributed by atoms with van der Waals surface area (Å²) in [5.74, 6) is 1.83. The van der Waals surface area contributed by atoms with Crippen LogP contribution in [0.5, 0.6) is 5.88 Å². The van der Waals surface area contributed by atoms with E-state index in [2.05, 4.69) is 14.9 Å². The number of rotatable bonds is 6. The van der Waals surface area contributed by atoms with Crippen LogP contribution in [0.3, 0.4) is 0 Å². The Labute approximate surface area is 162 Å². The van der Waals surface area contributed by atoms with E-state index in [9.17, 15) is 4.79 Å². The van der Waals surface area contributed by atoms with Crippen molar-refractivity contribution in [2.24, 2.45) is 0 Å². The van der Waals surface area contributed by atoms with Gasteiger partial charge in [0, 0.05) is 25.9 Å². The maximum Gasteiger partial charge on any atom is 0.261 e. The molecule has 8 heteroatoms. The number of fused-ring (bicyclic) bond motifs is 1. The zero-order valence-electron chi connectivity index (χ0n) is 16.0. The summed E-state index contributed by atoms with van der Waals surface area (Å²) in [5.41, 5.74) is 0.658. The smallest absolute Gasteiger partial charge is 0.261 e. The van der Waals surface area contributed by atoms with E-state index in [1.54, 1.807) is 31.0 Å². The van der Waals surface area contributed by atoms with Crippen LogP contribution in [-0.4, -0.2) is 46.9 Å². The molecule has 0 saturated carbocycles. The number of anilines is 1. The molecule has 0 aliphatic carbocycles. The van der Waals surface area contributed by atoms with E-state index >= 15 is 0 Å². The van der Waals surface area contributed by atoms with Gasteiger partial charge in [0.05, 0.1) is 37.2 Å². The van der Waals surface area contributed by atoms with Gasteiger partial charge in [-0.15, -0.1) is 0 Å². The second kappa shape index (κ2) is 7.93. The van der Waals surface area contributed by atoms with Crippen molar-refractivity contribution >= 4 is 16.9 Å². The SMILES string of the molecule is COCCn1c(C2CCCN2c2nccc(OC)n2)nc2ccccc2c1=O. The van der Waals surface area contributed by atoms with Crippen molar-refractivity contribution in [3.05, 3.63) is 52.7 Å². The molecule has 28 heavy (non-hydrogen) atoms. The first-order chi connectivity index (χ1) is 13.7. The molecule has 1 aliphatic heterocycles. The van der Waals surface area contributed by atoms with Gasteiger partial charge >= 0.3 is 0 Å². The van der Waals surface area contributed by atoms with Crippen molar-refractivity contribution in [3.8, 4) is 5.88 Å². The third-order valence-corrected chi connectivity index (χ3v) is 5.04. The van der Waals surface area contributed by atoms with Gasteiger partial charge in [0.2, 0.25) is 11.8 Å². The summed E-state index contributed by atoms with van der Waals surface area (Å²) in [6.07, 6.45) is 3.53. The summed E-state index contributed by atoms with van der Waals surface area (Å²) in [7, 11) is 3.21. The predicted molar refractivity (Wildman–Crippen MR) is 106 cm³/mol. The minimum absolute atomic E-state index is 0.0453. The standard InChI is InChI=1S/C20H23N5O3/c1-27-13-12-25-18(22-15-7-4-3-6-14(15)19(25)26)16-8-5-11-24(16)20-21-10-9-17(23-20)28-2/h3-4,6-7,9-10,16H,5,8,11-13H2,1-2H3. The van der Waals surface area contributed by atoms with Crippen LogP contribution >= 0.6 is 0 Å². The van der Waals surface area contributed by atoms with Crippen LogP contribution in [0.4, 0.5) is 5.95 Å². The zero-order chi connectivity index (χ0) is 19.5. The van der Waals surface area contributed by atoms with Gasteiger partial charge in [0.1, 0.15) is 5.82 Å². The molecule has 3 heterocycles. The van der Waals surface area contributed by atoms with Gasteiger partial charge < -0.3 is 14.4 Å². The third-order valence-electron chi connectivity index (χ3n) is 5.04. The van der Waals surface area contributed by atoms with E-state index in [1.807, 2.05) is 24.3 Å². The molecule has 8 nitrogen and oxygen atoms in total. The first-order valence-electron chi connectivity index (χ1n) is 9.35. The highest BCUT2D eigenvalue weighted by Crippen LogP contribution is 2.34. The minimum atomic E-state index is -0.0822. The molecule has 1 saturated heterocycles. The number of benzene rings is 1. The van der Waals surface area contributed by atoms with Crippen LogP contribution in [0.15, 0.2) is 41.3 Å². The molecule has 0 spiro atoms. The molecule has 0 N–H and O–H groups in total. The Hall–Kier alpha value is -3.00. The monoisotopic (exact) mass is 381 g/mol. The Morgan fingerprint density at radius 3 is 2.86 bits per heavy atom. The molecule has 3 aromatic rings. The van der Waals surface area contributed by atoms with Gasteiger partial charge in [-0.3, -0.25) is 9.36 Å². The van der Waals surface area contributed by atoms with E-state index in [1.165, 1.54) is 0 Å². The number of hydrogen-bond acceptors (Lipinski definition) is 7. The lowest BCUT2D eigenvalue weighted by molar-refractivity contribution is 0.184. The van der Waals surface area contributed by atoms with Crippen LogP contribution in [-0.2, 0) is 11.3 Å². The lowest BCUT2D eigenvalue weighted by Crippen LogP contribution is -2.33. The highest BCUT2D eigenvalue weighted by atomic mass is 16.5. The lowest BCUT2D eigenvalue weighted by atomic mass is 10.1. The fourth-order valence-corrected chi connectivity index (χ4v) is 3.70. The lowest BCUT2D eigenvalue weighted by Gasteiger charge is -2.26. The average molecular weight is 381 g/mol. The van der Waals surface area contributed by atoms with Crippen molar-refractivity contribution in [1.29, 1.82) is 0 Å². The van der Waals surface area contributed by atoms with Gasteiger partial charge in [0.15, 0.2) is 0 Å². The molecule has 1 aliphatic rings. The molecule has 4 rings (SSSR count). The molecular formula is C20H23N5O3. The summed E-state index contributed by atoms with van der Waals surface area (Å²) >= 11 is 0. The molecule has 1 unspecified atom stereocenters. The maximum absolute atomic E-state index is 13.2. The zero-order valence-corrected chi connectivity index (χ0v) is 16.0. The highest BCUT2D eigenvalue weighted by Gasteiger charge is 2.32. The predicted octanol–water partition coefficient (Wildman–Crippen LogP) is 2.18. The van der Waals surface area contributed by atoms with Crippen molar-refractivity contribution in [3.63, 3.8) is 0 Å². The average Bonchev–Trinajstić information content (AvgIpc) is 3.23. The molecular weight excluding hydrogens is 358 g/mol. The second-order valence-electron chi connectivity index (χ2n) is 6.69. The largest absolute Gasteiger partial charge is 0.481 e.